The Balaban J connectivity index is 0.000000257. The Morgan fingerprint density at radius 1 is 0.705 bits per heavy atom. The molecule has 6 unspecified atom stereocenters. The van der Waals surface area contributed by atoms with Crippen molar-refractivity contribution in [2.24, 2.45) is 40.5 Å². The Bertz CT molecular complexity index is 669. The molecule has 7 aliphatic rings. The summed E-state index contributed by atoms with van der Waals surface area (Å²) in [6.45, 7) is 21.8. The molecule has 0 bridgehead atoms. The van der Waals surface area contributed by atoms with E-state index in [2.05, 4.69) is 51.9 Å². The lowest BCUT2D eigenvalue weighted by Crippen LogP contribution is -2.06. The first-order chi connectivity index (χ1) is 21.1. The lowest BCUT2D eigenvalue weighted by atomic mass is 10.1. The Morgan fingerprint density at radius 3 is 1.61 bits per heavy atom. The molecule has 3 saturated carbocycles. The Morgan fingerprint density at radius 2 is 1.45 bits per heavy atom. The van der Waals surface area contributed by atoms with Crippen LogP contribution in [0, 0.1) is 35.5 Å². The Kier molecular flexibility index (Phi) is 24.2. The first-order valence-electron chi connectivity index (χ1n) is 18.5. The van der Waals surface area contributed by atoms with Crippen molar-refractivity contribution >= 4 is 17.8 Å². The van der Waals surface area contributed by atoms with Gasteiger partial charge < -0.3 is 14.8 Å². The fourth-order valence-electron chi connectivity index (χ4n) is 5.89. The maximum atomic E-state index is 10.6. The van der Waals surface area contributed by atoms with Crippen LogP contribution in [0.3, 0.4) is 0 Å². The van der Waals surface area contributed by atoms with E-state index in [1.54, 1.807) is 0 Å². The smallest absolute Gasteiger partial charge is 0.135 e. The molecule has 44 heavy (non-hydrogen) atoms. The normalized spacial score (nSPS) is 32.0. The van der Waals surface area contributed by atoms with Crippen LogP contribution in [0.15, 0.2) is 4.99 Å². The zero-order valence-corrected chi connectivity index (χ0v) is 30.0. The van der Waals surface area contributed by atoms with E-state index in [1.165, 1.54) is 70.9 Å². The quantitative estimate of drug-likeness (QED) is 0.293. The number of nitrogens with zero attached hydrogens (tertiary/aromatic N) is 1. The number of carbonyl (C=O) groups is 2. The van der Waals surface area contributed by atoms with Gasteiger partial charge in [-0.15, -0.1) is 0 Å². The molecule has 6 atom stereocenters. The predicted molar refractivity (Wildman–Crippen MR) is 187 cm³/mol. The number of ether oxygens (including phenoxy) is 2. The van der Waals surface area contributed by atoms with E-state index in [0.29, 0.717) is 29.5 Å². The van der Waals surface area contributed by atoms with Crippen LogP contribution < -0.4 is 5.32 Å². The van der Waals surface area contributed by atoms with Crippen LogP contribution in [0.4, 0.5) is 0 Å². The van der Waals surface area contributed by atoms with Crippen molar-refractivity contribution in [1.82, 2.24) is 5.32 Å². The van der Waals surface area contributed by atoms with E-state index in [4.69, 9.17) is 9.47 Å². The zero-order valence-electron chi connectivity index (χ0n) is 30.0. The molecule has 0 aromatic rings. The second-order valence-electron chi connectivity index (χ2n) is 14.8. The summed E-state index contributed by atoms with van der Waals surface area (Å²) in [7, 11) is 0. The highest BCUT2D eigenvalue weighted by Gasteiger charge is 2.18. The van der Waals surface area contributed by atoms with Gasteiger partial charge in [-0.25, -0.2) is 0 Å². The molecule has 3 aliphatic carbocycles. The summed E-state index contributed by atoms with van der Waals surface area (Å²) in [4.78, 5) is 25.1. The number of hydrogen-bond acceptors (Lipinski definition) is 6. The van der Waals surface area contributed by atoms with Gasteiger partial charge in [0.25, 0.3) is 0 Å². The van der Waals surface area contributed by atoms with E-state index in [0.717, 1.165) is 88.6 Å². The minimum Gasteiger partial charge on any atom is -0.381 e. The molecular weight excluding hydrogens is 548 g/mol. The number of rotatable bonds is 0. The van der Waals surface area contributed by atoms with Crippen LogP contribution in [0.1, 0.15) is 145 Å². The Labute approximate surface area is 272 Å². The minimum atomic E-state index is 0.375. The number of carbonyl (C=O) groups excluding carboxylic acids is 2. The molecule has 4 aliphatic heterocycles. The lowest BCUT2D eigenvalue weighted by molar-refractivity contribution is -0.120. The Hall–Kier alpha value is -1.11. The van der Waals surface area contributed by atoms with Crippen molar-refractivity contribution in [1.29, 1.82) is 0 Å². The topological polar surface area (TPSA) is 77.0 Å². The van der Waals surface area contributed by atoms with Crippen LogP contribution in [-0.2, 0) is 19.1 Å². The number of hydrogen-bond donors (Lipinski definition) is 1. The maximum absolute atomic E-state index is 10.6. The van der Waals surface area contributed by atoms with Crippen molar-refractivity contribution in [3.8, 4) is 0 Å². The average Bonchev–Trinajstić information content (AvgIpc) is 3.81. The van der Waals surface area contributed by atoms with Crippen LogP contribution in [0.2, 0.25) is 0 Å². The van der Waals surface area contributed by atoms with Crippen LogP contribution in [0.25, 0.3) is 0 Å². The van der Waals surface area contributed by atoms with Crippen LogP contribution >= 0.6 is 0 Å². The molecule has 3 saturated heterocycles. The first-order valence-corrected chi connectivity index (χ1v) is 18.5. The molecule has 6 fully saturated rings. The van der Waals surface area contributed by atoms with Crippen LogP contribution in [-0.4, -0.2) is 63.3 Å². The summed E-state index contributed by atoms with van der Waals surface area (Å²) >= 11 is 0. The molecule has 0 aromatic heterocycles. The van der Waals surface area contributed by atoms with Crippen molar-refractivity contribution < 1.29 is 19.1 Å². The van der Waals surface area contributed by atoms with Crippen LogP contribution in [0.5, 0.6) is 0 Å². The van der Waals surface area contributed by atoms with E-state index >= 15 is 0 Å². The summed E-state index contributed by atoms with van der Waals surface area (Å²) < 4.78 is 10.2. The summed E-state index contributed by atoms with van der Waals surface area (Å²) in [5.41, 5.74) is 0. The van der Waals surface area contributed by atoms with Crippen molar-refractivity contribution in [2.45, 2.75) is 151 Å². The molecule has 258 valence electrons. The molecule has 6 heteroatoms. The van der Waals surface area contributed by atoms with Crippen molar-refractivity contribution in [3.05, 3.63) is 0 Å². The third-order valence-corrected chi connectivity index (χ3v) is 9.42. The molecule has 4 heterocycles. The summed E-state index contributed by atoms with van der Waals surface area (Å²) in [5, 5.41) is 3.27. The largest absolute Gasteiger partial charge is 0.381 e. The summed E-state index contributed by atoms with van der Waals surface area (Å²) in [5.74, 6) is 5.59. The molecule has 6 nitrogen and oxygen atoms in total. The van der Waals surface area contributed by atoms with E-state index in [9.17, 15) is 9.59 Å². The van der Waals surface area contributed by atoms with Gasteiger partial charge in [0.2, 0.25) is 0 Å². The molecule has 0 spiro atoms. The van der Waals surface area contributed by atoms with Gasteiger partial charge in [0.1, 0.15) is 11.6 Å². The second kappa shape index (κ2) is 26.0. The van der Waals surface area contributed by atoms with Gasteiger partial charge in [0, 0.05) is 51.5 Å². The fourth-order valence-corrected chi connectivity index (χ4v) is 5.89. The van der Waals surface area contributed by atoms with Gasteiger partial charge >= 0.3 is 0 Å². The second-order valence-corrected chi connectivity index (χ2v) is 14.8. The number of nitrogens with one attached hydrogen (secondary N) is 1. The molecular formula is C38H72N2O4. The third-order valence-electron chi connectivity index (χ3n) is 9.42. The third kappa shape index (κ3) is 23.3. The standard InChI is InChI=1S/2C6H10O.C6H12.C5H11N.C5H9N.2C5H10O/c1-5-2-3-6(7)4-5;1-5-3-2-4-6(5)7;1-6-4-2-3-5-6;3*1-5-2-3-6-4-5;1-5-3-2-4-6-5/h2*5H,2-4H2,1H3;6H,2-5H2,1H3;5-6H,2-4H2,1H3;3,5H,2,4H2,1H3;2*5H,2-4H2,1H3. The zero-order chi connectivity index (χ0) is 32.6. The lowest BCUT2D eigenvalue weighted by Gasteiger charge is -1.94. The van der Waals surface area contributed by atoms with Gasteiger partial charge in [0.05, 0.1) is 6.10 Å². The number of Topliss-reactive ketones (excluding diaryl/α,β-unsaturated/α-hetero) is 2. The average molecular weight is 621 g/mol. The van der Waals surface area contributed by atoms with Gasteiger partial charge in [-0.05, 0) is 107 Å². The number of aliphatic imine (C=N–C) groups is 1. The van der Waals surface area contributed by atoms with Gasteiger partial charge in [-0.2, -0.15) is 0 Å². The van der Waals surface area contributed by atoms with Gasteiger partial charge in [-0.1, -0.05) is 67.2 Å². The van der Waals surface area contributed by atoms with Gasteiger partial charge in [-0.3, -0.25) is 14.6 Å². The SMILES string of the molecule is CC1CC=NC1.CC1CCC(=O)C1.CC1CCCC1.CC1CCCC1=O.CC1CCCO1.CC1CCNC1.CC1CCOC1. The van der Waals surface area contributed by atoms with E-state index in [-0.39, 0.29) is 0 Å². The van der Waals surface area contributed by atoms with E-state index in [1.807, 2.05) is 13.1 Å². The molecule has 0 aromatic carbocycles. The highest BCUT2D eigenvalue weighted by molar-refractivity contribution is 5.82. The highest BCUT2D eigenvalue weighted by atomic mass is 16.5. The van der Waals surface area contributed by atoms with Crippen molar-refractivity contribution in [3.63, 3.8) is 0 Å². The van der Waals surface area contributed by atoms with Gasteiger partial charge in [0.15, 0.2) is 0 Å². The molecule has 1 N–H and O–H groups in total. The summed E-state index contributed by atoms with van der Waals surface area (Å²) in [6.07, 6.45) is 20.7. The summed E-state index contributed by atoms with van der Waals surface area (Å²) in [6, 6.07) is 0. The molecule has 7 rings (SSSR count). The molecule has 0 amide bonds. The molecule has 0 radical (unpaired) electrons. The van der Waals surface area contributed by atoms with E-state index < -0.39 is 0 Å². The fraction of sp³-hybridized carbons (Fsp3) is 0.921. The highest BCUT2D eigenvalue weighted by Crippen LogP contribution is 2.23. The maximum Gasteiger partial charge on any atom is 0.135 e. The number of ketones is 2. The predicted octanol–water partition coefficient (Wildman–Crippen LogP) is 8.89. The van der Waals surface area contributed by atoms with Crippen molar-refractivity contribution in [2.75, 3.05) is 39.5 Å². The monoisotopic (exact) mass is 621 g/mol. The first kappa shape index (κ1) is 40.9. The minimum absolute atomic E-state index is 0.375.